The van der Waals surface area contributed by atoms with Crippen molar-refractivity contribution < 1.29 is 13.5 Å². The van der Waals surface area contributed by atoms with Crippen LogP contribution in [-0.2, 0) is 16.6 Å². The molecule has 0 radical (unpaired) electrons. The third kappa shape index (κ3) is 4.85. The number of piperazine rings is 1. The van der Waals surface area contributed by atoms with Gasteiger partial charge in [-0.1, -0.05) is 17.7 Å². The highest BCUT2D eigenvalue weighted by Gasteiger charge is 2.23. The van der Waals surface area contributed by atoms with E-state index in [9.17, 15) is 13.5 Å². The van der Waals surface area contributed by atoms with Crippen LogP contribution in [0.4, 0.5) is 11.5 Å². The number of phenols is 1. The number of benzene rings is 1. The van der Waals surface area contributed by atoms with Crippen molar-refractivity contribution in [2.45, 2.75) is 6.54 Å². The van der Waals surface area contributed by atoms with Crippen LogP contribution in [0.25, 0.3) is 0 Å². The summed E-state index contributed by atoms with van der Waals surface area (Å²) in [6, 6.07) is 8.58. The lowest BCUT2D eigenvalue weighted by Gasteiger charge is -2.33. The summed E-state index contributed by atoms with van der Waals surface area (Å²) in [5.41, 5.74) is 1.66. The lowest BCUT2D eigenvalue weighted by Crippen LogP contribution is -2.47. The Labute approximate surface area is 158 Å². The van der Waals surface area contributed by atoms with Gasteiger partial charge in [0.05, 0.1) is 11.3 Å². The predicted molar refractivity (Wildman–Crippen MR) is 102 cm³/mol. The third-order valence-corrected chi connectivity index (χ3v) is 5.80. The van der Waals surface area contributed by atoms with Crippen molar-refractivity contribution in [1.29, 1.82) is 0 Å². The van der Waals surface area contributed by atoms with E-state index in [1.54, 1.807) is 24.4 Å². The van der Waals surface area contributed by atoms with Gasteiger partial charge in [-0.2, -0.15) is 4.31 Å². The number of nitrogens with one attached hydrogen (secondary N) is 1. The summed E-state index contributed by atoms with van der Waals surface area (Å²) in [7, 11) is -3.12. The van der Waals surface area contributed by atoms with Crippen molar-refractivity contribution in [3.63, 3.8) is 0 Å². The molecule has 0 bridgehead atoms. The van der Waals surface area contributed by atoms with Crippen LogP contribution in [0, 0.1) is 0 Å². The molecule has 2 aromatic rings. The van der Waals surface area contributed by atoms with Crippen molar-refractivity contribution in [2.24, 2.45) is 0 Å². The van der Waals surface area contributed by atoms with E-state index in [1.807, 2.05) is 12.1 Å². The molecule has 140 valence electrons. The fourth-order valence-corrected chi connectivity index (χ4v) is 3.92. The Morgan fingerprint density at radius 2 is 1.96 bits per heavy atom. The highest BCUT2D eigenvalue weighted by molar-refractivity contribution is 7.88. The summed E-state index contributed by atoms with van der Waals surface area (Å²) >= 11 is 6.33. The van der Waals surface area contributed by atoms with Gasteiger partial charge in [-0.25, -0.2) is 13.4 Å². The molecule has 2 N–H and O–H groups in total. The summed E-state index contributed by atoms with van der Waals surface area (Å²) in [5.74, 6) is 0.680. The van der Waals surface area contributed by atoms with Gasteiger partial charge in [0, 0.05) is 50.7 Å². The molecule has 0 saturated carbocycles. The maximum Gasteiger partial charge on any atom is 0.211 e. The predicted octanol–water partition coefficient (Wildman–Crippen LogP) is 2.26. The van der Waals surface area contributed by atoms with Crippen LogP contribution in [0.5, 0.6) is 5.75 Å². The smallest absolute Gasteiger partial charge is 0.211 e. The number of nitrogens with zero attached hydrogens (tertiary/aromatic N) is 3. The monoisotopic (exact) mass is 396 g/mol. The normalized spacial score (nSPS) is 16.5. The second kappa shape index (κ2) is 7.79. The number of pyridine rings is 1. The minimum Gasteiger partial charge on any atom is -0.508 e. The van der Waals surface area contributed by atoms with Crippen molar-refractivity contribution in [3.05, 3.63) is 47.1 Å². The largest absolute Gasteiger partial charge is 0.508 e. The van der Waals surface area contributed by atoms with Gasteiger partial charge in [0.1, 0.15) is 11.6 Å². The Balaban J connectivity index is 1.61. The molecule has 0 unspecified atom stereocenters. The van der Waals surface area contributed by atoms with Gasteiger partial charge in [0.15, 0.2) is 0 Å². The molecule has 1 saturated heterocycles. The number of halogens is 1. The standard InChI is InChI=1S/C17H21ClN4O3S/c1-26(24,25)22-7-5-21(6-8-22)12-13-9-16(18)17(19-11-13)20-14-3-2-4-15(23)10-14/h2-4,9-11,23H,5-8,12H2,1H3,(H,19,20). The molecular formula is C17H21ClN4O3S. The number of hydrogen-bond acceptors (Lipinski definition) is 6. The SMILES string of the molecule is CS(=O)(=O)N1CCN(Cc2cnc(Nc3cccc(O)c3)c(Cl)c2)CC1. The van der Waals surface area contributed by atoms with E-state index in [4.69, 9.17) is 11.6 Å². The van der Waals surface area contributed by atoms with Gasteiger partial charge >= 0.3 is 0 Å². The molecular weight excluding hydrogens is 376 g/mol. The van der Waals surface area contributed by atoms with Gasteiger partial charge in [0.2, 0.25) is 10.0 Å². The Morgan fingerprint density at radius 1 is 1.23 bits per heavy atom. The van der Waals surface area contributed by atoms with Crippen molar-refractivity contribution in [2.75, 3.05) is 37.8 Å². The Bertz CT molecular complexity index is 883. The number of rotatable bonds is 5. The summed E-state index contributed by atoms with van der Waals surface area (Å²) in [4.78, 5) is 6.54. The number of phenolic OH excluding ortho intramolecular Hbond substituents is 1. The van der Waals surface area contributed by atoms with Crippen LogP contribution in [0.15, 0.2) is 36.5 Å². The zero-order chi connectivity index (χ0) is 18.7. The van der Waals surface area contributed by atoms with Gasteiger partial charge in [0.25, 0.3) is 0 Å². The van der Waals surface area contributed by atoms with E-state index in [-0.39, 0.29) is 5.75 Å². The minimum absolute atomic E-state index is 0.163. The van der Waals surface area contributed by atoms with E-state index in [0.717, 1.165) is 5.56 Å². The minimum atomic E-state index is -3.12. The third-order valence-electron chi connectivity index (χ3n) is 4.21. The zero-order valence-electron chi connectivity index (χ0n) is 14.4. The lowest BCUT2D eigenvalue weighted by atomic mass is 10.2. The molecule has 1 fully saturated rings. The maximum absolute atomic E-state index is 11.6. The fraction of sp³-hybridized carbons (Fsp3) is 0.353. The summed E-state index contributed by atoms with van der Waals surface area (Å²) in [6.45, 7) is 3.01. The average molecular weight is 397 g/mol. The van der Waals surface area contributed by atoms with Gasteiger partial charge in [-0.05, 0) is 23.8 Å². The first-order chi connectivity index (χ1) is 12.3. The van der Waals surface area contributed by atoms with E-state index < -0.39 is 10.0 Å². The van der Waals surface area contributed by atoms with E-state index in [2.05, 4.69) is 15.2 Å². The number of sulfonamides is 1. The average Bonchev–Trinajstić information content (AvgIpc) is 2.57. The molecule has 26 heavy (non-hydrogen) atoms. The van der Waals surface area contributed by atoms with Crippen LogP contribution >= 0.6 is 11.6 Å². The van der Waals surface area contributed by atoms with Crippen molar-refractivity contribution in [1.82, 2.24) is 14.2 Å². The van der Waals surface area contributed by atoms with E-state index >= 15 is 0 Å². The second-order valence-corrected chi connectivity index (χ2v) is 8.68. The van der Waals surface area contributed by atoms with Crippen LogP contribution < -0.4 is 5.32 Å². The Kier molecular flexibility index (Phi) is 5.67. The maximum atomic E-state index is 11.6. The molecule has 1 aliphatic heterocycles. The van der Waals surface area contributed by atoms with Gasteiger partial charge in [-0.15, -0.1) is 0 Å². The molecule has 0 aliphatic carbocycles. The summed E-state index contributed by atoms with van der Waals surface area (Å²) in [6.07, 6.45) is 2.99. The van der Waals surface area contributed by atoms with E-state index in [0.29, 0.717) is 49.3 Å². The van der Waals surface area contributed by atoms with Crippen LogP contribution in [-0.4, -0.2) is 60.1 Å². The quantitative estimate of drug-likeness (QED) is 0.806. The van der Waals surface area contributed by atoms with E-state index in [1.165, 1.54) is 10.6 Å². The van der Waals surface area contributed by atoms with Gasteiger partial charge in [-0.3, -0.25) is 4.90 Å². The molecule has 1 aliphatic rings. The molecule has 0 atom stereocenters. The molecule has 7 nitrogen and oxygen atoms in total. The molecule has 3 rings (SSSR count). The second-order valence-electron chi connectivity index (χ2n) is 6.29. The molecule has 9 heteroatoms. The van der Waals surface area contributed by atoms with Crippen LogP contribution in [0.2, 0.25) is 5.02 Å². The Hall–Kier alpha value is -1.87. The lowest BCUT2D eigenvalue weighted by molar-refractivity contribution is 0.182. The highest BCUT2D eigenvalue weighted by Crippen LogP contribution is 2.26. The number of anilines is 2. The fourth-order valence-electron chi connectivity index (χ4n) is 2.85. The molecule has 0 amide bonds. The first kappa shape index (κ1) is 18.9. The Morgan fingerprint density at radius 3 is 2.58 bits per heavy atom. The number of hydrogen-bond donors (Lipinski definition) is 2. The zero-order valence-corrected chi connectivity index (χ0v) is 16.0. The van der Waals surface area contributed by atoms with Crippen molar-refractivity contribution in [3.8, 4) is 5.75 Å². The first-order valence-corrected chi connectivity index (χ1v) is 10.4. The number of aromatic hydroxyl groups is 1. The molecule has 1 aromatic carbocycles. The molecule has 2 heterocycles. The van der Waals surface area contributed by atoms with Crippen LogP contribution in [0.1, 0.15) is 5.56 Å². The topological polar surface area (TPSA) is 85.8 Å². The summed E-state index contributed by atoms with van der Waals surface area (Å²) in [5, 5.41) is 13.1. The van der Waals surface area contributed by atoms with Crippen molar-refractivity contribution >= 4 is 33.1 Å². The highest BCUT2D eigenvalue weighted by atomic mass is 35.5. The van der Waals surface area contributed by atoms with Crippen LogP contribution in [0.3, 0.4) is 0 Å². The molecule has 0 spiro atoms. The first-order valence-electron chi connectivity index (χ1n) is 8.19. The van der Waals surface area contributed by atoms with Gasteiger partial charge < -0.3 is 10.4 Å². The summed E-state index contributed by atoms with van der Waals surface area (Å²) < 4.78 is 24.6. The number of aromatic nitrogens is 1. The molecule has 1 aromatic heterocycles.